The van der Waals surface area contributed by atoms with E-state index in [2.05, 4.69) is 14.7 Å². The fraction of sp³-hybridized carbons (Fsp3) is 0.292. The van der Waals surface area contributed by atoms with E-state index in [0.29, 0.717) is 11.3 Å². The number of carbonyl (C=O) groups excluding carboxylic acids is 3. The second-order valence-electron chi connectivity index (χ2n) is 8.32. The first-order valence-electron chi connectivity index (χ1n) is 11.0. The van der Waals surface area contributed by atoms with Crippen LogP contribution < -0.4 is 21.7 Å². The van der Waals surface area contributed by atoms with Gasteiger partial charge in [-0.15, -0.1) is 0 Å². The van der Waals surface area contributed by atoms with Gasteiger partial charge < -0.3 is 16.8 Å². The molecule has 5 N–H and O–H groups in total. The fourth-order valence-electron chi connectivity index (χ4n) is 4.14. The molecule has 1 aromatic carbocycles. The molecule has 9 nitrogen and oxygen atoms in total. The summed E-state index contributed by atoms with van der Waals surface area (Å²) in [4.78, 5) is 44.8. The zero-order valence-electron chi connectivity index (χ0n) is 18.7. The van der Waals surface area contributed by atoms with Crippen LogP contribution in [0.15, 0.2) is 48.8 Å². The predicted molar refractivity (Wildman–Crippen MR) is 130 cm³/mol. The topological polar surface area (TPSA) is 144 Å². The van der Waals surface area contributed by atoms with Gasteiger partial charge in [-0.05, 0) is 61.1 Å². The number of hydrogen-bond acceptors (Lipinski definition) is 7. The molecule has 1 aliphatic carbocycles. The van der Waals surface area contributed by atoms with Crippen LogP contribution in [0.4, 0.5) is 11.4 Å². The Bertz CT molecular complexity index is 1190. The SMILES string of the molecule is Cc1ccc(N(C(=O)c2snc(C(N)=O)c2N)[C@H](C(=O)NC2CCCC2)c2ccncc2)cc1. The lowest BCUT2D eigenvalue weighted by molar-refractivity contribution is -0.123. The maximum Gasteiger partial charge on any atom is 0.273 e. The van der Waals surface area contributed by atoms with Crippen molar-refractivity contribution in [1.29, 1.82) is 0 Å². The number of nitrogens with two attached hydrogens (primary N) is 2. The third-order valence-electron chi connectivity index (χ3n) is 5.92. The number of aromatic nitrogens is 2. The van der Waals surface area contributed by atoms with Crippen molar-refractivity contribution in [2.24, 2.45) is 5.73 Å². The molecule has 176 valence electrons. The summed E-state index contributed by atoms with van der Waals surface area (Å²) in [5.41, 5.74) is 13.3. The number of hydrogen-bond donors (Lipinski definition) is 3. The monoisotopic (exact) mass is 478 g/mol. The maximum absolute atomic E-state index is 13.9. The Balaban J connectivity index is 1.83. The molecule has 0 unspecified atom stereocenters. The van der Waals surface area contributed by atoms with Gasteiger partial charge in [0.05, 0.1) is 5.69 Å². The van der Waals surface area contributed by atoms with Gasteiger partial charge in [0.2, 0.25) is 5.91 Å². The molecule has 0 saturated heterocycles. The predicted octanol–water partition coefficient (Wildman–Crippen LogP) is 2.97. The van der Waals surface area contributed by atoms with Crippen molar-refractivity contribution in [3.05, 3.63) is 70.5 Å². The number of primary amides is 1. The van der Waals surface area contributed by atoms with Crippen LogP contribution in [0.1, 0.15) is 63.0 Å². The Hall–Kier alpha value is -3.79. The van der Waals surface area contributed by atoms with Gasteiger partial charge in [0.1, 0.15) is 10.9 Å². The van der Waals surface area contributed by atoms with Crippen molar-refractivity contribution < 1.29 is 14.4 Å². The summed E-state index contributed by atoms with van der Waals surface area (Å²) in [5.74, 6) is -1.67. The molecule has 4 rings (SSSR count). The Morgan fingerprint density at radius 3 is 2.32 bits per heavy atom. The Morgan fingerprint density at radius 1 is 1.09 bits per heavy atom. The van der Waals surface area contributed by atoms with E-state index >= 15 is 0 Å². The summed E-state index contributed by atoms with van der Waals surface area (Å²) in [6.07, 6.45) is 7.07. The maximum atomic E-state index is 13.9. The summed E-state index contributed by atoms with van der Waals surface area (Å²) >= 11 is 0.785. The molecule has 0 radical (unpaired) electrons. The van der Waals surface area contributed by atoms with E-state index in [1.165, 1.54) is 4.90 Å². The van der Waals surface area contributed by atoms with E-state index in [4.69, 9.17) is 11.5 Å². The minimum Gasteiger partial charge on any atom is -0.395 e. The molecule has 0 bridgehead atoms. The summed E-state index contributed by atoms with van der Waals surface area (Å²) in [6, 6.07) is 9.75. The van der Waals surface area contributed by atoms with Gasteiger partial charge in [-0.25, -0.2) is 0 Å². The van der Waals surface area contributed by atoms with Crippen LogP contribution in [0.25, 0.3) is 0 Å². The second-order valence-corrected chi connectivity index (χ2v) is 9.10. The van der Waals surface area contributed by atoms with Crippen LogP contribution in [0.3, 0.4) is 0 Å². The van der Waals surface area contributed by atoms with Gasteiger partial charge in [0.15, 0.2) is 5.69 Å². The van der Waals surface area contributed by atoms with Gasteiger partial charge in [0, 0.05) is 24.1 Å². The number of nitrogens with one attached hydrogen (secondary N) is 1. The largest absolute Gasteiger partial charge is 0.395 e. The molecule has 3 aromatic rings. The summed E-state index contributed by atoms with van der Waals surface area (Å²) in [6.45, 7) is 1.93. The van der Waals surface area contributed by atoms with Gasteiger partial charge in [0.25, 0.3) is 11.8 Å². The molecule has 2 heterocycles. The molecule has 0 spiro atoms. The fourth-order valence-corrected chi connectivity index (χ4v) is 4.88. The molecule has 1 aliphatic rings. The first-order valence-corrected chi connectivity index (χ1v) is 11.8. The molecule has 3 amide bonds. The number of nitrogens with zero attached hydrogens (tertiary/aromatic N) is 3. The first-order chi connectivity index (χ1) is 16.4. The minimum absolute atomic E-state index is 0.0436. The number of anilines is 2. The summed E-state index contributed by atoms with van der Waals surface area (Å²) in [5, 5.41) is 3.11. The van der Waals surface area contributed by atoms with Crippen molar-refractivity contribution in [2.45, 2.75) is 44.7 Å². The Labute approximate surface area is 201 Å². The van der Waals surface area contributed by atoms with Crippen LogP contribution in [0, 0.1) is 6.92 Å². The number of rotatable bonds is 7. The van der Waals surface area contributed by atoms with Crippen LogP contribution in [-0.2, 0) is 4.79 Å². The van der Waals surface area contributed by atoms with E-state index < -0.39 is 17.9 Å². The first kappa shape index (κ1) is 23.4. The number of carbonyl (C=O) groups is 3. The third-order valence-corrected chi connectivity index (χ3v) is 6.77. The number of nitrogen functional groups attached to an aromatic ring is 1. The van der Waals surface area contributed by atoms with E-state index in [0.717, 1.165) is 42.8 Å². The van der Waals surface area contributed by atoms with Crippen molar-refractivity contribution in [1.82, 2.24) is 14.7 Å². The molecule has 10 heteroatoms. The highest BCUT2D eigenvalue weighted by molar-refractivity contribution is 7.09. The molecular weight excluding hydrogens is 452 g/mol. The van der Waals surface area contributed by atoms with Crippen LogP contribution in [0.2, 0.25) is 0 Å². The molecular formula is C24H26N6O3S. The van der Waals surface area contributed by atoms with Gasteiger partial charge in [-0.1, -0.05) is 30.5 Å². The third kappa shape index (κ3) is 4.76. The van der Waals surface area contributed by atoms with E-state index in [1.807, 2.05) is 19.1 Å². The van der Waals surface area contributed by atoms with Gasteiger partial charge >= 0.3 is 0 Å². The number of benzene rings is 1. The van der Waals surface area contributed by atoms with Crippen molar-refractivity contribution in [3.8, 4) is 0 Å². The van der Waals surface area contributed by atoms with E-state index in [9.17, 15) is 14.4 Å². The molecule has 0 aliphatic heterocycles. The molecule has 1 saturated carbocycles. The standard InChI is InChI=1S/C24H26N6O3S/c1-14-6-8-17(9-7-14)30(24(33)21-18(25)19(22(26)31)29-34-21)20(15-10-12-27-13-11-15)23(32)28-16-4-2-3-5-16/h6-13,16,20H,2-5,25H2,1H3,(H2,26,31)(H,28,32)/t20-/m0/s1. The summed E-state index contributed by atoms with van der Waals surface area (Å²) < 4.78 is 3.97. The molecule has 1 fully saturated rings. The zero-order chi connectivity index (χ0) is 24.2. The lowest BCUT2D eigenvalue weighted by atomic mass is 10.0. The summed E-state index contributed by atoms with van der Waals surface area (Å²) in [7, 11) is 0. The van der Waals surface area contributed by atoms with Crippen molar-refractivity contribution in [2.75, 3.05) is 10.6 Å². The lowest BCUT2D eigenvalue weighted by Gasteiger charge is -2.32. The zero-order valence-corrected chi connectivity index (χ0v) is 19.5. The van der Waals surface area contributed by atoms with Crippen LogP contribution in [0.5, 0.6) is 0 Å². The molecule has 34 heavy (non-hydrogen) atoms. The quantitative estimate of drug-likeness (QED) is 0.476. The van der Waals surface area contributed by atoms with E-state index in [1.54, 1.807) is 36.7 Å². The average Bonchev–Trinajstić information content (AvgIpc) is 3.47. The number of amides is 3. The minimum atomic E-state index is -0.989. The van der Waals surface area contributed by atoms with Gasteiger partial charge in [-0.3, -0.25) is 24.3 Å². The number of aryl methyl sites for hydroxylation is 1. The normalized spacial score (nSPS) is 14.5. The highest BCUT2D eigenvalue weighted by atomic mass is 32.1. The average molecular weight is 479 g/mol. The van der Waals surface area contributed by atoms with Crippen molar-refractivity contribution in [3.63, 3.8) is 0 Å². The van der Waals surface area contributed by atoms with E-state index in [-0.39, 0.29) is 28.2 Å². The molecule has 1 atom stereocenters. The highest BCUT2D eigenvalue weighted by Gasteiger charge is 2.37. The molecule has 2 aromatic heterocycles. The van der Waals surface area contributed by atoms with Crippen LogP contribution in [-0.4, -0.2) is 33.1 Å². The highest BCUT2D eigenvalue weighted by Crippen LogP contribution is 2.33. The number of pyridine rings is 1. The van der Waals surface area contributed by atoms with Crippen LogP contribution >= 0.6 is 11.5 Å². The van der Waals surface area contributed by atoms with Crippen molar-refractivity contribution >= 4 is 40.6 Å². The Morgan fingerprint density at radius 2 is 1.74 bits per heavy atom. The lowest BCUT2D eigenvalue weighted by Crippen LogP contribution is -2.46. The smallest absolute Gasteiger partial charge is 0.273 e. The Kier molecular flexibility index (Phi) is 6.87. The second kappa shape index (κ2) is 10.0. The van der Waals surface area contributed by atoms with Gasteiger partial charge in [-0.2, -0.15) is 4.37 Å².